The summed E-state index contributed by atoms with van der Waals surface area (Å²) in [5.41, 5.74) is 1.67. The Hall–Kier alpha value is -4.45. The van der Waals surface area contributed by atoms with Crippen molar-refractivity contribution < 1.29 is 22.0 Å². The van der Waals surface area contributed by atoms with Crippen LogP contribution in [0.2, 0.25) is 0 Å². The highest BCUT2D eigenvalue weighted by Gasteiger charge is 2.30. The fraction of sp³-hybridized carbons (Fsp3) is 0.120. The number of anilines is 5. The monoisotopic (exact) mass is 524 g/mol. The Bertz CT molecular complexity index is 1550. The first kappa shape index (κ1) is 25.6. The number of carbonyl (C=O) groups is 1. The molecule has 0 atom stereocenters. The second kappa shape index (κ2) is 10.7. The van der Waals surface area contributed by atoms with Crippen molar-refractivity contribution in [3.05, 3.63) is 89.9 Å². The molecule has 0 aliphatic heterocycles. The molecule has 2 aromatic carbocycles. The molecule has 37 heavy (non-hydrogen) atoms. The molecule has 0 saturated carbocycles. The SMILES string of the molecule is Cc1ccnc(Nc2cc(Nc3ccc(NC(=O)c4ccccc4S(=O)(=O)C(F)F)cc3)nc(C)n2)c1. The molecule has 4 rings (SSSR count). The maximum atomic E-state index is 13.0. The van der Waals surface area contributed by atoms with Crippen molar-refractivity contribution in [2.24, 2.45) is 0 Å². The molecule has 12 heteroatoms. The summed E-state index contributed by atoms with van der Waals surface area (Å²) in [7, 11) is -4.94. The van der Waals surface area contributed by atoms with E-state index in [2.05, 4.69) is 30.9 Å². The van der Waals surface area contributed by atoms with Crippen LogP contribution in [0.25, 0.3) is 0 Å². The van der Waals surface area contributed by atoms with Crippen LogP contribution in [0.4, 0.5) is 37.6 Å². The molecular weight excluding hydrogens is 502 g/mol. The van der Waals surface area contributed by atoms with Gasteiger partial charge in [-0.15, -0.1) is 0 Å². The van der Waals surface area contributed by atoms with Gasteiger partial charge in [-0.3, -0.25) is 4.79 Å². The van der Waals surface area contributed by atoms with Crippen LogP contribution in [-0.2, 0) is 9.84 Å². The van der Waals surface area contributed by atoms with Crippen LogP contribution in [0.1, 0.15) is 21.7 Å². The Balaban J connectivity index is 1.47. The fourth-order valence-electron chi connectivity index (χ4n) is 3.41. The van der Waals surface area contributed by atoms with E-state index in [1.807, 2.05) is 19.1 Å². The molecule has 0 bridgehead atoms. The number of hydrogen-bond acceptors (Lipinski definition) is 8. The standard InChI is InChI=1S/C25H22F2N6O3S/c1-15-11-12-28-21(13-15)33-23-14-22(29-16(2)30-23)31-17-7-9-18(10-8-17)32-24(34)19-5-3-4-6-20(19)37(35,36)25(26)27/h3-14,25H,1-2H3,(H,32,34)(H2,28,29,30,31,33). The number of alkyl halides is 2. The minimum Gasteiger partial charge on any atom is -0.340 e. The van der Waals surface area contributed by atoms with Crippen LogP contribution >= 0.6 is 0 Å². The predicted molar refractivity (Wildman–Crippen MR) is 136 cm³/mol. The molecular formula is C25H22F2N6O3S. The molecule has 0 aliphatic carbocycles. The Morgan fingerprint density at radius 3 is 2.16 bits per heavy atom. The van der Waals surface area contributed by atoms with E-state index in [0.29, 0.717) is 34.7 Å². The van der Waals surface area contributed by atoms with E-state index >= 15 is 0 Å². The smallest absolute Gasteiger partial charge is 0.340 e. The Labute approximate surface area is 211 Å². The summed E-state index contributed by atoms with van der Waals surface area (Å²) in [5.74, 6) is -2.22. The van der Waals surface area contributed by atoms with Crippen LogP contribution in [0.5, 0.6) is 0 Å². The molecule has 4 aromatic rings. The number of nitrogens with one attached hydrogen (secondary N) is 3. The highest BCUT2D eigenvalue weighted by Crippen LogP contribution is 2.25. The lowest BCUT2D eigenvalue weighted by Gasteiger charge is -2.12. The van der Waals surface area contributed by atoms with Crippen molar-refractivity contribution in [3.8, 4) is 0 Å². The van der Waals surface area contributed by atoms with E-state index in [-0.39, 0.29) is 5.56 Å². The normalized spacial score (nSPS) is 11.3. The van der Waals surface area contributed by atoms with Gasteiger partial charge in [-0.05, 0) is 67.9 Å². The van der Waals surface area contributed by atoms with Gasteiger partial charge in [0.1, 0.15) is 23.3 Å². The zero-order valence-corrected chi connectivity index (χ0v) is 20.6. The van der Waals surface area contributed by atoms with Gasteiger partial charge < -0.3 is 16.0 Å². The Morgan fingerprint density at radius 2 is 1.49 bits per heavy atom. The van der Waals surface area contributed by atoms with Gasteiger partial charge in [0, 0.05) is 23.6 Å². The minimum atomic E-state index is -4.94. The second-order valence-corrected chi connectivity index (χ2v) is 9.87. The van der Waals surface area contributed by atoms with E-state index in [1.54, 1.807) is 43.5 Å². The minimum absolute atomic E-state index is 0.339. The van der Waals surface area contributed by atoms with Gasteiger partial charge in [-0.1, -0.05) is 12.1 Å². The summed E-state index contributed by atoms with van der Waals surface area (Å²) in [6.07, 6.45) is 1.70. The summed E-state index contributed by atoms with van der Waals surface area (Å²) in [6.45, 7) is 3.71. The molecule has 0 aliphatic rings. The van der Waals surface area contributed by atoms with Gasteiger partial charge >= 0.3 is 5.76 Å². The molecule has 0 radical (unpaired) electrons. The predicted octanol–water partition coefficient (Wildman–Crippen LogP) is 5.22. The first-order valence-corrected chi connectivity index (χ1v) is 12.5. The van der Waals surface area contributed by atoms with Crippen molar-refractivity contribution in [1.82, 2.24) is 15.0 Å². The van der Waals surface area contributed by atoms with Crippen LogP contribution < -0.4 is 16.0 Å². The lowest BCUT2D eigenvalue weighted by molar-refractivity contribution is 0.102. The molecule has 3 N–H and O–H groups in total. The number of aromatic nitrogens is 3. The number of amides is 1. The van der Waals surface area contributed by atoms with Crippen LogP contribution in [0.3, 0.4) is 0 Å². The van der Waals surface area contributed by atoms with Crippen molar-refractivity contribution in [2.75, 3.05) is 16.0 Å². The summed E-state index contributed by atoms with van der Waals surface area (Å²) in [4.78, 5) is 24.9. The number of halogens is 2. The fourth-order valence-corrected chi connectivity index (χ4v) is 4.34. The first-order chi connectivity index (χ1) is 17.6. The highest BCUT2D eigenvalue weighted by molar-refractivity contribution is 7.91. The maximum absolute atomic E-state index is 13.0. The zero-order chi connectivity index (χ0) is 26.6. The van der Waals surface area contributed by atoms with Crippen molar-refractivity contribution in [2.45, 2.75) is 24.5 Å². The number of rotatable bonds is 8. The molecule has 0 spiro atoms. The van der Waals surface area contributed by atoms with E-state index in [0.717, 1.165) is 11.6 Å². The molecule has 2 aromatic heterocycles. The number of nitrogens with zero attached hydrogens (tertiary/aromatic N) is 3. The third-order valence-corrected chi connectivity index (χ3v) is 6.54. The summed E-state index contributed by atoms with van der Waals surface area (Å²) >= 11 is 0. The molecule has 0 unspecified atom stereocenters. The molecule has 9 nitrogen and oxygen atoms in total. The number of carbonyl (C=O) groups excluding carboxylic acids is 1. The van der Waals surface area contributed by atoms with Gasteiger partial charge in [-0.25, -0.2) is 23.4 Å². The van der Waals surface area contributed by atoms with E-state index in [1.165, 1.54) is 18.2 Å². The quantitative estimate of drug-likeness (QED) is 0.286. The van der Waals surface area contributed by atoms with Gasteiger partial charge in [-0.2, -0.15) is 8.78 Å². The van der Waals surface area contributed by atoms with Crippen LogP contribution in [-0.4, -0.2) is 35.0 Å². The van der Waals surface area contributed by atoms with E-state index < -0.39 is 26.4 Å². The van der Waals surface area contributed by atoms with Crippen molar-refractivity contribution in [1.29, 1.82) is 0 Å². The lowest BCUT2D eigenvalue weighted by atomic mass is 10.2. The van der Waals surface area contributed by atoms with Crippen LogP contribution in [0, 0.1) is 13.8 Å². The average molecular weight is 525 g/mol. The summed E-state index contributed by atoms with van der Waals surface area (Å²) in [6, 6.07) is 16.8. The third-order valence-electron chi connectivity index (χ3n) is 5.10. The molecule has 190 valence electrons. The molecule has 0 fully saturated rings. The maximum Gasteiger partial charge on any atom is 0.341 e. The van der Waals surface area contributed by atoms with Crippen LogP contribution in [0.15, 0.2) is 77.8 Å². The van der Waals surface area contributed by atoms with Crippen molar-refractivity contribution >= 4 is 44.6 Å². The van der Waals surface area contributed by atoms with E-state index in [4.69, 9.17) is 0 Å². The van der Waals surface area contributed by atoms with E-state index in [9.17, 15) is 22.0 Å². The molecule has 2 heterocycles. The lowest BCUT2D eigenvalue weighted by Crippen LogP contribution is -2.19. The van der Waals surface area contributed by atoms with Crippen molar-refractivity contribution in [3.63, 3.8) is 0 Å². The number of aryl methyl sites for hydroxylation is 2. The van der Waals surface area contributed by atoms with Gasteiger partial charge in [0.15, 0.2) is 0 Å². The zero-order valence-electron chi connectivity index (χ0n) is 19.7. The number of hydrogen-bond donors (Lipinski definition) is 3. The third kappa shape index (κ3) is 6.22. The Kier molecular flexibility index (Phi) is 7.39. The summed E-state index contributed by atoms with van der Waals surface area (Å²) < 4.78 is 49.9. The second-order valence-electron chi connectivity index (χ2n) is 7.99. The Morgan fingerprint density at radius 1 is 0.838 bits per heavy atom. The van der Waals surface area contributed by atoms with Gasteiger partial charge in [0.2, 0.25) is 9.84 Å². The first-order valence-electron chi connectivity index (χ1n) is 11.0. The number of pyridine rings is 1. The molecule has 1 amide bonds. The molecule has 0 saturated heterocycles. The average Bonchev–Trinajstić information content (AvgIpc) is 2.85. The van der Waals surface area contributed by atoms with Gasteiger partial charge in [0.25, 0.3) is 5.91 Å². The number of sulfone groups is 1. The van der Waals surface area contributed by atoms with Gasteiger partial charge in [0.05, 0.1) is 10.5 Å². The highest BCUT2D eigenvalue weighted by atomic mass is 32.2. The topological polar surface area (TPSA) is 126 Å². The largest absolute Gasteiger partial charge is 0.341 e. The number of benzene rings is 2. The summed E-state index contributed by atoms with van der Waals surface area (Å²) in [5, 5.41) is 8.82.